The highest BCUT2D eigenvalue weighted by Crippen LogP contribution is 2.31. The van der Waals surface area contributed by atoms with Crippen LogP contribution in [0.4, 0.5) is 23.0 Å². The smallest absolute Gasteiger partial charge is 0.307 e. The van der Waals surface area contributed by atoms with Gasteiger partial charge in [-0.3, -0.25) is 14.2 Å². The molecule has 2 aromatic carbocycles. The first-order valence-corrected chi connectivity index (χ1v) is 11.8. The molecular formula is C27H28N6O4. The summed E-state index contributed by atoms with van der Waals surface area (Å²) < 4.78 is 13.3. The first kappa shape index (κ1) is 25.2. The number of hydrogen-bond acceptors (Lipinski definition) is 8. The number of nitrogen functional groups attached to an aromatic ring is 1. The van der Waals surface area contributed by atoms with Crippen LogP contribution in [0.5, 0.6) is 11.6 Å². The molecule has 2 aromatic heterocycles. The Bertz CT molecular complexity index is 1410. The molecule has 2 heterocycles. The number of rotatable bonds is 11. The Hall–Kier alpha value is -4.86. The molecule has 10 nitrogen and oxygen atoms in total. The summed E-state index contributed by atoms with van der Waals surface area (Å²) in [6.45, 7) is 5.49. The lowest BCUT2D eigenvalue weighted by molar-refractivity contribution is -0.147. The number of benzene rings is 2. The maximum absolute atomic E-state index is 12.1. The van der Waals surface area contributed by atoms with E-state index in [4.69, 9.17) is 15.2 Å². The molecule has 0 spiro atoms. The van der Waals surface area contributed by atoms with Crippen molar-refractivity contribution in [3.63, 3.8) is 0 Å². The van der Waals surface area contributed by atoms with Crippen molar-refractivity contribution in [2.75, 3.05) is 16.4 Å². The second kappa shape index (κ2) is 11.7. The van der Waals surface area contributed by atoms with Gasteiger partial charge in [-0.05, 0) is 55.0 Å². The van der Waals surface area contributed by atoms with Crippen molar-refractivity contribution >= 4 is 45.9 Å². The first-order valence-electron chi connectivity index (χ1n) is 11.8. The van der Waals surface area contributed by atoms with E-state index in [9.17, 15) is 9.59 Å². The fourth-order valence-electron chi connectivity index (χ4n) is 3.45. The average Bonchev–Trinajstić information content (AvgIpc) is 3.31. The van der Waals surface area contributed by atoms with Gasteiger partial charge in [-0.2, -0.15) is 9.97 Å². The van der Waals surface area contributed by atoms with Crippen LogP contribution < -0.4 is 21.1 Å². The van der Waals surface area contributed by atoms with E-state index in [2.05, 4.69) is 27.2 Å². The van der Waals surface area contributed by atoms with E-state index in [-0.39, 0.29) is 30.4 Å². The number of hydrogen-bond donors (Lipinski definition) is 3. The number of nitrogens with one attached hydrogen (secondary N) is 2. The Balaban J connectivity index is 1.66. The third-order valence-electron chi connectivity index (χ3n) is 5.35. The molecule has 0 fully saturated rings. The zero-order valence-corrected chi connectivity index (χ0v) is 20.4. The van der Waals surface area contributed by atoms with Crippen molar-refractivity contribution in [3.8, 4) is 11.6 Å². The summed E-state index contributed by atoms with van der Waals surface area (Å²) in [5.41, 5.74) is 8.22. The van der Waals surface area contributed by atoms with Crippen molar-refractivity contribution < 1.29 is 19.1 Å². The number of anilines is 4. The number of unbranched alkanes of at least 4 members (excludes halogenated alkanes) is 1. The minimum Gasteiger partial charge on any atom is -0.444 e. The summed E-state index contributed by atoms with van der Waals surface area (Å²) in [6, 6.07) is 15.8. The van der Waals surface area contributed by atoms with Gasteiger partial charge in [0, 0.05) is 35.7 Å². The van der Waals surface area contributed by atoms with E-state index >= 15 is 0 Å². The quantitative estimate of drug-likeness (QED) is 0.142. The Morgan fingerprint density at radius 2 is 1.92 bits per heavy atom. The van der Waals surface area contributed by atoms with E-state index in [0.29, 0.717) is 34.6 Å². The lowest BCUT2D eigenvalue weighted by Gasteiger charge is -2.12. The van der Waals surface area contributed by atoms with Crippen LogP contribution >= 0.6 is 0 Å². The molecule has 0 radical (unpaired) electrons. The van der Waals surface area contributed by atoms with Crippen molar-refractivity contribution in [1.29, 1.82) is 0 Å². The van der Waals surface area contributed by atoms with Gasteiger partial charge in [0.1, 0.15) is 5.75 Å². The first-order chi connectivity index (χ1) is 17.9. The predicted octanol–water partition coefficient (Wildman–Crippen LogP) is 5.36. The number of carbonyl (C=O) groups excluding carboxylic acids is 2. The van der Waals surface area contributed by atoms with Gasteiger partial charge in [-0.15, -0.1) is 0 Å². The number of amides is 1. The summed E-state index contributed by atoms with van der Waals surface area (Å²) in [6.07, 6.45) is 4.99. The van der Waals surface area contributed by atoms with E-state index in [1.54, 1.807) is 53.2 Å². The highest BCUT2D eigenvalue weighted by atomic mass is 16.5. The Kier molecular flexibility index (Phi) is 7.99. The Labute approximate surface area is 214 Å². The fourth-order valence-corrected chi connectivity index (χ4v) is 3.45. The fraction of sp³-hybridized carbons (Fsp3) is 0.185. The number of ether oxygens (including phenoxy) is 2. The maximum Gasteiger partial charge on any atom is 0.307 e. The molecule has 0 aliphatic carbocycles. The van der Waals surface area contributed by atoms with Gasteiger partial charge in [0.2, 0.25) is 17.7 Å². The molecule has 0 saturated carbocycles. The van der Waals surface area contributed by atoms with E-state index in [0.717, 1.165) is 18.5 Å². The molecule has 4 aromatic rings. The van der Waals surface area contributed by atoms with Gasteiger partial charge in [-0.25, -0.2) is 0 Å². The summed E-state index contributed by atoms with van der Waals surface area (Å²) in [5.74, 6) is 0.417. The highest BCUT2D eigenvalue weighted by molar-refractivity contribution is 5.99. The number of fused-ring (bicyclic) bond motifs is 1. The van der Waals surface area contributed by atoms with Crippen LogP contribution in [0.3, 0.4) is 0 Å². The van der Waals surface area contributed by atoms with Crippen LogP contribution in [-0.4, -0.2) is 26.4 Å². The molecule has 4 rings (SSSR count). The highest BCUT2D eigenvalue weighted by Gasteiger charge is 2.16. The molecule has 0 unspecified atom stereocenters. The molecule has 190 valence electrons. The molecular weight excluding hydrogens is 472 g/mol. The van der Waals surface area contributed by atoms with Gasteiger partial charge in [0.15, 0.2) is 12.4 Å². The van der Waals surface area contributed by atoms with Crippen LogP contribution in [-0.2, 0) is 21.1 Å². The lowest BCUT2D eigenvalue weighted by atomic mass is 10.3. The topological polar surface area (TPSA) is 133 Å². The molecule has 0 aliphatic rings. The molecule has 10 heteroatoms. The third-order valence-corrected chi connectivity index (χ3v) is 5.35. The molecule has 4 N–H and O–H groups in total. The normalized spacial score (nSPS) is 10.6. The zero-order valence-electron chi connectivity index (χ0n) is 20.4. The van der Waals surface area contributed by atoms with Crippen LogP contribution in [0, 0.1) is 0 Å². The number of aromatic nitrogens is 3. The Morgan fingerprint density at radius 1 is 1.11 bits per heavy atom. The second-order valence-electron chi connectivity index (χ2n) is 8.19. The summed E-state index contributed by atoms with van der Waals surface area (Å²) in [5, 5.41) is 6.48. The van der Waals surface area contributed by atoms with E-state index in [1.807, 2.05) is 19.1 Å². The maximum atomic E-state index is 12.1. The second-order valence-corrected chi connectivity index (χ2v) is 8.19. The van der Waals surface area contributed by atoms with Gasteiger partial charge in [0.05, 0.1) is 5.39 Å². The molecule has 1 amide bonds. The van der Waals surface area contributed by atoms with Crippen LogP contribution in [0.2, 0.25) is 0 Å². The monoisotopic (exact) mass is 500 g/mol. The predicted molar refractivity (Wildman–Crippen MR) is 143 cm³/mol. The molecule has 37 heavy (non-hydrogen) atoms. The van der Waals surface area contributed by atoms with Gasteiger partial charge < -0.3 is 25.8 Å². The number of nitrogens with zero attached hydrogens (tertiary/aromatic N) is 3. The minimum atomic E-state index is -0.331. The van der Waals surface area contributed by atoms with E-state index in [1.165, 1.54) is 6.08 Å². The lowest BCUT2D eigenvalue weighted by Crippen LogP contribution is -2.10. The SMILES string of the molecule is C=CC(=O)Nc1cccc(Oc2nc(Nc3ccc(N)cc3)nc3c2ccn3COC(=O)CCCC)c1. The number of esters is 1. The Morgan fingerprint density at radius 3 is 2.68 bits per heavy atom. The van der Waals surface area contributed by atoms with E-state index < -0.39 is 0 Å². The van der Waals surface area contributed by atoms with Crippen molar-refractivity contribution in [2.45, 2.75) is 32.9 Å². The summed E-state index contributed by atoms with van der Waals surface area (Å²) in [7, 11) is 0. The summed E-state index contributed by atoms with van der Waals surface area (Å²) in [4.78, 5) is 32.9. The molecule has 0 bridgehead atoms. The van der Waals surface area contributed by atoms with Crippen LogP contribution in [0.1, 0.15) is 26.2 Å². The molecule has 0 saturated heterocycles. The van der Waals surface area contributed by atoms with Gasteiger partial charge in [0.25, 0.3) is 0 Å². The molecule has 0 aliphatic heterocycles. The van der Waals surface area contributed by atoms with Crippen molar-refractivity contribution in [2.24, 2.45) is 0 Å². The average molecular weight is 501 g/mol. The van der Waals surface area contributed by atoms with Crippen LogP contribution in [0.15, 0.2) is 73.4 Å². The zero-order chi connectivity index (χ0) is 26.2. The van der Waals surface area contributed by atoms with Gasteiger partial charge >= 0.3 is 5.97 Å². The van der Waals surface area contributed by atoms with Crippen molar-refractivity contribution in [1.82, 2.24) is 14.5 Å². The number of nitrogens with two attached hydrogens (primary N) is 1. The number of carbonyl (C=O) groups is 2. The largest absolute Gasteiger partial charge is 0.444 e. The minimum absolute atomic E-state index is 0.00683. The van der Waals surface area contributed by atoms with Gasteiger partial charge in [-0.1, -0.05) is 26.0 Å². The third kappa shape index (κ3) is 6.63. The summed E-state index contributed by atoms with van der Waals surface area (Å²) >= 11 is 0. The molecule has 0 atom stereocenters. The van der Waals surface area contributed by atoms with Crippen molar-refractivity contribution in [3.05, 3.63) is 73.4 Å². The van der Waals surface area contributed by atoms with Crippen LogP contribution in [0.25, 0.3) is 11.0 Å². The standard InChI is InChI=1S/C27H28N6O4/c1-3-5-9-24(35)36-17-33-15-14-22-25(33)31-27(30-19-12-10-18(28)11-13-19)32-26(22)37-21-8-6-7-20(16-21)29-23(34)4-2/h4,6-8,10-16H,2-3,5,9,17,28H2,1H3,(H,29,34)(H,30,31,32).